The molecule has 1 atom stereocenters. The lowest BCUT2D eigenvalue weighted by Gasteiger charge is -2.13. The second-order valence-corrected chi connectivity index (χ2v) is 4.56. The lowest BCUT2D eigenvalue weighted by Crippen LogP contribution is -2.29. The Morgan fingerprint density at radius 1 is 1.57 bits per heavy atom. The van der Waals surface area contributed by atoms with E-state index in [2.05, 4.69) is 21.2 Å². The van der Waals surface area contributed by atoms with E-state index in [-0.39, 0.29) is 6.04 Å². The zero-order valence-corrected chi connectivity index (χ0v) is 9.59. The first-order valence-electron chi connectivity index (χ1n) is 4.98. The van der Waals surface area contributed by atoms with Crippen LogP contribution in [0.15, 0.2) is 21.2 Å². The van der Waals surface area contributed by atoms with E-state index in [9.17, 15) is 0 Å². The summed E-state index contributed by atoms with van der Waals surface area (Å²) in [6.07, 6.45) is 2.71. The van der Waals surface area contributed by atoms with E-state index in [1.165, 1.54) is 12.8 Å². The first-order chi connectivity index (χ1) is 6.79. The van der Waals surface area contributed by atoms with Gasteiger partial charge in [-0.25, -0.2) is 0 Å². The molecule has 0 bridgehead atoms. The highest BCUT2D eigenvalue weighted by Crippen LogP contribution is 2.29. The Hall–Kier alpha value is -0.320. The second-order valence-electron chi connectivity index (χ2n) is 3.78. The lowest BCUT2D eigenvalue weighted by atomic mass is 10.2. The molecule has 2 rings (SSSR count). The van der Waals surface area contributed by atoms with Gasteiger partial charge in [-0.2, -0.15) is 0 Å². The molecular weight excluding hydrogens is 244 g/mol. The summed E-state index contributed by atoms with van der Waals surface area (Å²) in [4.78, 5) is 0. The molecule has 1 aromatic rings. The number of hydrogen-bond donors (Lipinski definition) is 2. The second kappa shape index (κ2) is 4.47. The molecule has 78 valence electrons. The van der Waals surface area contributed by atoms with Gasteiger partial charge in [-0.15, -0.1) is 0 Å². The van der Waals surface area contributed by atoms with Gasteiger partial charge < -0.3 is 15.5 Å². The van der Waals surface area contributed by atoms with Gasteiger partial charge in [0.05, 0.1) is 6.04 Å². The molecule has 0 aliphatic heterocycles. The van der Waals surface area contributed by atoms with Crippen molar-refractivity contribution >= 4 is 15.9 Å². The van der Waals surface area contributed by atoms with Gasteiger partial charge in [0.2, 0.25) is 0 Å². The van der Waals surface area contributed by atoms with Crippen LogP contribution in [0, 0.1) is 5.92 Å². The molecule has 1 aromatic heterocycles. The van der Waals surface area contributed by atoms with Gasteiger partial charge in [-0.1, -0.05) is 0 Å². The molecule has 3 N–H and O–H groups in total. The molecule has 1 fully saturated rings. The molecular formula is C10H15BrN2O. The SMILES string of the molecule is NCC(NCC1CC1)c1ccc(Br)o1. The van der Waals surface area contributed by atoms with Gasteiger partial charge in [0.15, 0.2) is 4.67 Å². The van der Waals surface area contributed by atoms with Gasteiger partial charge in [0.25, 0.3) is 0 Å². The van der Waals surface area contributed by atoms with Crippen molar-refractivity contribution in [3.05, 3.63) is 22.6 Å². The summed E-state index contributed by atoms with van der Waals surface area (Å²) in [5.41, 5.74) is 5.68. The maximum absolute atomic E-state index is 5.68. The van der Waals surface area contributed by atoms with Crippen LogP contribution in [0.1, 0.15) is 24.6 Å². The predicted octanol–water partition coefficient (Wildman–Crippen LogP) is 2.04. The Labute approximate surface area is 92.2 Å². The molecule has 0 radical (unpaired) electrons. The van der Waals surface area contributed by atoms with Crippen molar-refractivity contribution in [2.75, 3.05) is 13.1 Å². The molecule has 1 aliphatic rings. The summed E-state index contributed by atoms with van der Waals surface area (Å²) < 4.78 is 6.23. The molecule has 4 heteroatoms. The Morgan fingerprint density at radius 2 is 2.36 bits per heavy atom. The van der Waals surface area contributed by atoms with Crippen molar-refractivity contribution in [3.63, 3.8) is 0 Å². The van der Waals surface area contributed by atoms with Crippen LogP contribution in [-0.4, -0.2) is 13.1 Å². The first kappa shape index (κ1) is 10.2. The molecule has 1 unspecified atom stereocenters. The fourth-order valence-electron chi connectivity index (χ4n) is 1.45. The van der Waals surface area contributed by atoms with Crippen LogP contribution < -0.4 is 11.1 Å². The van der Waals surface area contributed by atoms with Crippen molar-refractivity contribution in [2.45, 2.75) is 18.9 Å². The number of furan rings is 1. The first-order valence-corrected chi connectivity index (χ1v) is 5.77. The van der Waals surface area contributed by atoms with Crippen LogP contribution in [0.3, 0.4) is 0 Å². The van der Waals surface area contributed by atoms with Crippen LogP contribution >= 0.6 is 15.9 Å². The Kier molecular flexibility index (Phi) is 3.26. The van der Waals surface area contributed by atoms with E-state index < -0.39 is 0 Å². The van der Waals surface area contributed by atoms with Crippen molar-refractivity contribution in [3.8, 4) is 0 Å². The minimum atomic E-state index is 0.155. The molecule has 0 spiro atoms. The minimum absolute atomic E-state index is 0.155. The maximum Gasteiger partial charge on any atom is 0.169 e. The third-order valence-corrected chi connectivity index (χ3v) is 2.95. The van der Waals surface area contributed by atoms with E-state index in [1.807, 2.05) is 12.1 Å². The zero-order valence-electron chi connectivity index (χ0n) is 8.00. The van der Waals surface area contributed by atoms with Crippen molar-refractivity contribution in [1.82, 2.24) is 5.32 Å². The van der Waals surface area contributed by atoms with E-state index in [0.29, 0.717) is 6.54 Å². The van der Waals surface area contributed by atoms with Crippen molar-refractivity contribution < 1.29 is 4.42 Å². The largest absolute Gasteiger partial charge is 0.453 e. The lowest BCUT2D eigenvalue weighted by molar-refractivity contribution is 0.401. The topological polar surface area (TPSA) is 51.2 Å². The smallest absolute Gasteiger partial charge is 0.169 e. The molecule has 0 amide bonds. The molecule has 1 aliphatic carbocycles. The zero-order chi connectivity index (χ0) is 9.97. The van der Waals surface area contributed by atoms with E-state index in [1.54, 1.807) is 0 Å². The number of nitrogens with two attached hydrogens (primary N) is 1. The van der Waals surface area contributed by atoms with Crippen LogP contribution in [0.2, 0.25) is 0 Å². The molecule has 14 heavy (non-hydrogen) atoms. The average molecular weight is 259 g/mol. The third kappa shape index (κ3) is 2.59. The third-order valence-electron chi connectivity index (χ3n) is 2.52. The average Bonchev–Trinajstić information content (AvgIpc) is 2.90. The maximum atomic E-state index is 5.68. The van der Waals surface area contributed by atoms with Crippen LogP contribution in [0.5, 0.6) is 0 Å². The molecule has 3 nitrogen and oxygen atoms in total. The Bertz CT molecular complexity index is 296. The summed E-state index contributed by atoms with van der Waals surface area (Å²) >= 11 is 3.29. The van der Waals surface area contributed by atoms with Gasteiger partial charge in [-0.05, 0) is 53.4 Å². The Morgan fingerprint density at radius 3 is 2.86 bits per heavy atom. The highest BCUT2D eigenvalue weighted by Gasteiger charge is 2.23. The monoisotopic (exact) mass is 258 g/mol. The van der Waals surface area contributed by atoms with Crippen LogP contribution in [-0.2, 0) is 0 Å². The van der Waals surface area contributed by atoms with Crippen molar-refractivity contribution in [1.29, 1.82) is 0 Å². The highest BCUT2D eigenvalue weighted by molar-refractivity contribution is 9.10. The van der Waals surface area contributed by atoms with E-state index >= 15 is 0 Å². The summed E-state index contributed by atoms with van der Waals surface area (Å²) in [6, 6.07) is 4.01. The van der Waals surface area contributed by atoms with Gasteiger partial charge in [0.1, 0.15) is 5.76 Å². The number of hydrogen-bond acceptors (Lipinski definition) is 3. The Balaban J connectivity index is 1.90. The molecule has 0 aromatic carbocycles. The fraction of sp³-hybridized carbons (Fsp3) is 0.600. The van der Waals surface area contributed by atoms with E-state index in [4.69, 9.17) is 10.2 Å². The standard InChI is InChI=1S/C10H15BrN2O/c11-10-4-3-9(14-10)8(5-12)13-6-7-1-2-7/h3-4,7-8,13H,1-2,5-6,12H2. The summed E-state index contributed by atoms with van der Waals surface area (Å²) in [5.74, 6) is 1.78. The molecule has 1 saturated carbocycles. The summed E-state index contributed by atoms with van der Waals surface area (Å²) in [6.45, 7) is 1.63. The minimum Gasteiger partial charge on any atom is -0.453 e. The predicted molar refractivity (Wildman–Crippen MR) is 58.9 cm³/mol. The van der Waals surface area contributed by atoms with Crippen LogP contribution in [0.25, 0.3) is 0 Å². The number of rotatable bonds is 5. The number of halogens is 1. The quantitative estimate of drug-likeness (QED) is 0.850. The van der Waals surface area contributed by atoms with E-state index in [0.717, 1.165) is 22.9 Å². The fourth-order valence-corrected chi connectivity index (χ4v) is 1.77. The highest BCUT2D eigenvalue weighted by atomic mass is 79.9. The van der Waals surface area contributed by atoms with Crippen molar-refractivity contribution in [2.24, 2.45) is 11.7 Å². The van der Waals surface area contributed by atoms with Gasteiger partial charge >= 0.3 is 0 Å². The summed E-state index contributed by atoms with van der Waals surface area (Å²) in [5, 5.41) is 3.42. The molecule has 0 saturated heterocycles. The van der Waals surface area contributed by atoms with Gasteiger partial charge in [0, 0.05) is 6.54 Å². The van der Waals surface area contributed by atoms with Crippen LogP contribution in [0.4, 0.5) is 0 Å². The van der Waals surface area contributed by atoms with Gasteiger partial charge in [-0.3, -0.25) is 0 Å². The molecule has 1 heterocycles. The normalized spacial score (nSPS) is 18.4. The number of nitrogens with one attached hydrogen (secondary N) is 1. The summed E-state index contributed by atoms with van der Waals surface area (Å²) in [7, 11) is 0.